The topological polar surface area (TPSA) is 86.8 Å². The third-order valence-corrected chi connectivity index (χ3v) is 10.1. The zero-order valence-corrected chi connectivity index (χ0v) is 28.6. The molecule has 0 aliphatic heterocycles. The van der Waals surface area contributed by atoms with Gasteiger partial charge >= 0.3 is 0 Å². The molecule has 1 N–H and O–H groups in total. The van der Waals surface area contributed by atoms with Crippen molar-refractivity contribution in [1.29, 1.82) is 0 Å². The molecule has 0 bridgehead atoms. The normalized spacial score (nSPS) is 14.5. The molecule has 0 aromatic heterocycles. The third-order valence-electron chi connectivity index (χ3n) is 8.36. The van der Waals surface area contributed by atoms with Crippen LogP contribution in [0, 0.1) is 13.8 Å². The number of nitrogens with one attached hydrogen (secondary N) is 1. The van der Waals surface area contributed by atoms with Crippen molar-refractivity contribution < 1.29 is 18.0 Å². The van der Waals surface area contributed by atoms with Crippen LogP contribution in [0.25, 0.3) is 0 Å². The number of nitrogens with zero attached hydrogens (tertiary/aromatic N) is 2. The molecule has 7 nitrogen and oxygen atoms in total. The Balaban J connectivity index is 1.63. The molecule has 0 unspecified atom stereocenters. The molecule has 4 rings (SSSR count). The van der Waals surface area contributed by atoms with Crippen molar-refractivity contribution in [3.05, 3.63) is 99.0 Å². The van der Waals surface area contributed by atoms with E-state index in [-0.39, 0.29) is 43.8 Å². The van der Waals surface area contributed by atoms with Crippen LogP contribution in [0.5, 0.6) is 0 Å². The summed E-state index contributed by atoms with van der Waals surface area (Å²) >= 11 is 12.7. The van der Waals surface area contributed by atoms with E-state index in [1.54, 1.807) is 23.1 Å². The number of halogens is 2. The summed E-state index contributed by atoms with van der Waals surface area (Å²) in [5, 5.41) is 4.12. The Labute approximate surface area is 278 Å². The summed E-state index contributed by atoms with van der Waals surface area (Å²) < 4.78 is 27.1. The molecule has 3 aromatic rings. The molecule has 1 fully saturated rings. The molecular formula is C35H43Cl2N3O4S. The first-order chi connectivity index (χ1) is 21.4. The fraction of sp³-hybridized carbons (Fsp3) is 0.429. The first-order valence-corrected chi connectivity index (χ1v) is 18.2. The second-order valence-corrected chi connectivity index (χ2v) is 14.8. The van der Waals surface area contributed by atoms with E-state index >= 15 is 0 Å². The number of benzene rings is 3. The molecule has 1 aliphatic carbocycles. The Hall–Kier alpha value is -3.07. The fourth-order valence-electron chi connectivity index (χ4n) is 5.90. The zero-order valence-electron chi connectivity index (χ0n) is 26.3. The minimum absolute atomic E-state index is 0.0457. The molecule has 0 saturated heterocycles. The first kappa shape index (κ1) is 34.8. The minimum atomic E-state index is -3.61. The van der Waals surface area contributed by atoms with Gasteiger partial charge in [0.25, 0.3) is 0 Å². The van der Waals surface area contributed by atoms with E-state index in [0.29, 0.717) is 27.7 Å². The van der Waals surface area contributed by atoms with Crippen molar-refractivity contribution in [2.45, 2.75) is 83.8 Å². The zero-order chi connectivity index (χ0) is 32.6. The van der Waals surface area contributed by atoms with Crippen molar-refractivity contribution in [1.82, 2.24) is 10.2 Å². The van der Waals surface area contributed by atoms with Crippen molar-refractivity contribution in [3.63, 3.8) is 0 Å². The van der Waals surface area contributed by atoms with Gasteiger partial charge in [0.15, 0.2) is 0 Å². The van der Waals surface area contributed by atoms with E-state index in [4.69, 9.17) is 23.2 Å². The lowest BCUT2D eigenvalue weighted by molar-refractivity contribution is -0.141. The van der Waals surface area contributed by atoms with Crippen LogP contribution in [0.4, 0.5) is 5.69 Å². The maximum absolute atomic E-state index is 14.2. The number of rotatable bonds is 13. The van der Waals surface area contributed by atoms with Crippen LogP contribution in [0.15, 0.2) is 66.7 Å². The van der Waals surface area contributed by atoms with Crippen LogP contribution in [0.3, 0.4) is 0 Å². The first-order valence-electron chi connectivity index (χ1n) is 15.5. The maximum Gasteiger partial charge on any atom is 0.243 e. The summed E-state index contributed by atoms with van der Waals surface area (Å²) in [4.78, 5) is 29.8. The monoisotopic (exact) mass is 671 g/mol. The molecule has 242 valence electrons. The lowest BCUT2D eigenvalue weighted by Crippen LogP contribution is -2.53. The van der Waals surface area contributed by atoms with Crippen LogP contribution < -0.4 is 9.62 Å². The average molecular weight is 673 g/mol. The van der Waals surface area contributed by atoms with Gasteiger partial charge in [-0.2, -0.15) is 0 Å². The second kappa shape index (κ2) is 16.0. The quantitative estimate of drug-likeness (QED) is 0.207. The van der Waals surface area contributed by atoms with Crippen molar-refractivity contribution in [2.24, 2.45) is 0 Å². The Kier molecular flexibility index (Phi) is 12.3. The molecule has 1 atom stereocenters. The number of amides is 2. The molecule has 1 aliphatic rings. The van der Waals surface area contributed by atoms with E-state index in [0.717, 1.165) is 48.8 Å². The summed E-state index contributed by atoms with van der Waals surface area (Å²) in [6.45, 7) is 4.02. The standard InChI is InChI=1S/C35H43Cl2N3O4S/c1-25-16-17-26(2)32(21-25)40(45(3,43)44)20-10-15-34(41)39(24-28-18-19-29(36)23-31(28)37)33(22-27-11-6-4-7-12-27)35(42)38-30-13-8-5-9-14-30/h4,6-7,11-12,16-19,21,23,30,33H,5,8-10,13-15,20,22,24H2,1-3H3,(H,38,42)/t33-/m1/s1. The van der Waals surface area contributed by atoms with Crippen LogP contribution >= 0.6 is 23.2 Å². The Morgan fingerprint density at radius 2 is 1.67 bits per heavy atom. The van der Waals surface area contributed by atoms with Gasteiger partial charge in [-0.05, 0) is 73.6 Å². The van der Waals surface area contributed by atoms with Crippen LogP contribution in [-0.4, -0.2) is 50.0 Å². The van der Waals surface area contributed by atoms with Gasteiger partial charge in [-0.3, -0.25) is 13.9 Å². The second-order valence-electron chi connectivity index (χ2n) is 12.0. The van der Waals surface area contributed by atoms with Gasteiger partial charge in [-0.1, -0.05) is 91.0 Å². The number of carbonyl (C=O) groups excluding carboxylic acids is 2. The van der Waals surface area contributed by atoms with Crippen LogP contribution in [-0.2, 0) is 32.6 Å². The average Bonchev–Trinajstić information content (AvgIpc) is 2.99. The highest BCUT2D eigenvalue weighted by molar-refractivity contribution is 7.92. The molecule has 10 heteroatoms. The van der Waals surface area contributed by atoms with Gasteiger partial charge in [-0.25, -0.2) is 8.42 Å². The highest BCUT2D eigenvalue weighted by Crippen LogP contribution is 2.27. The summed E-state index contributed by atoms with van der Waals surface area (Å²) in [5.74, 6) is -0.451. The largest absolute Gasteiger partial charge is 0.352 e. The number of anilines is 1. The van der Waals surface area contributed by atoms with Gasteiger partial charge < -0.3 is 10.2 Å². The summed E-state index contributed by atoms with van der Waals surface area (Å²) in [5.41, 5.74) is 3.98. The minimum Gasteiger partial charge on any atom is -0.352 e. The van der Waals surface area contributed by atoms with Gasteiger partial charge in [0.1, 0.15) is 6.04 Å². The van der Waals surface area contributed by atoms with Crippen molar-refractivity contribution in [3.8, 4) is 0 Å². The number of sulfonamides is 1. The van der Waals surface area contributed by atoms with Gasteiger partial charge in [-0.15, -0.1) is 0 Å². The third kappa shape index (κ3) is 9.96. The molecule has 0 heterocycles. The van der Waals surface area contributed by atoms with Crippen LogP contribution in [0.1, 0.15) is 67.2 Å². The number of aryl methyl sites for hydroxylation is 2. The maximum atomic E-state index is 14.2. The van der Waals surface area contributed by atoms with E-state index in [2.05, 4.69) is 5.32 Å². The Bertz CT molecular complexity index is 1580. The summed E-state index contributed by atoms with van der Waals surface area (Å²) in [6.07, 6.45) is 6.94. The molecule has 45 heavy (non-hydrogen) atoms. The summed E-state index contributed by atoms with van der Waals surface area (Å²) in [7, 11) is -3.61. The van der Waals surface area contributed by atoms with E-state index in [1.807, 2.05) is 62.4 Å². The van der Waals surface area contributed by atoms with E-state index in [9.17, 15) is 18.0 Å². The lowest BCUT2D eigenvalue weighted by Gasteiger charge is -2.34. The number of hydrogen-bond donors (Lipinski definition) is 1. The van der Waals surface area contributed by atoms with Crippen LogP contribution in [0.2, 0.25) is 10.0 Å². The SMILES string of the molecule is Cc1ccc(C)c(N(CCCC(=O)N(Cc2ccc(Cl)cc2Cl)[C@H](Cc2ccccc2)C(=O)NC2CCCCC2)S(C)(=O)=O)c1. The Morgan fingerprint density at radius 1 is 0.956 bits per heavy atom. The predicted octanol–water partition coefficient (Wildman–Crippen LogP) is 7.25. The molecular weight excluding hydrogens is 629 g/mol. The Morgan fingerprint density at radius 3 is 2.33 bits per heavy atom. The lowest BCUT2D eigenvalue weighted by atomic mass is 9.94. The molecule has 0 radical (unpaired) electrons. The molecule has 0 spiro atoms. The molecule has 2 amide bonds. The summed E-state index contributed by atoms with van der Waals surface area (Å²) in [6, 6.07) is 19.7. The van der Waals surface area contributed by atoms with Gasteiger partial charge in [0, 0.05) is 42.0 Å². The van der Waals surface area contributed by atoms with E-state index in [1.165, 1.54) is 10.6 Å². The number of hydrogen-bond acceptors (Lipinski definition) is 4. The van der Waals surface area contributed by atoms with E-state index < -0.39 is 16.1 Å². The number of carbonyl (C=O) groups is 2. The van der Waals surface area contributed by atoms with Crippen molar-refractivity contribution >= 4 is 50.7 Å². The van der Waals surface area contributed by atoms with Crippen molar-refractivity contribution in [2.75, 3.05) is 17.1 Å². The predicted molar refractivity (Wildman–Crippen MR) is 183 cm³/mol. The molecule has 1 saturated carbocycles. The van der Waals surface area contributed by atoms with Gasteiger partial charge in [0.05, 0.1) is 11.9 Å². The van der Waals surface area contributed by atoms with Gasteiger partial charge in [0.2, 0.25) is 21.8 Å². The highest BCUT2D eigenvalue weighted by atomic mass is 35.5. The fourth-order valence-corrected chi connectivity index (χ4v) is 7.39. The smallest absolute Gasteiger partial charge is 0.243 e. The highest BCUT2D eigenvalue weighted by Gasteiger charge is 2.32. The molecule has 3 aromatic carbocycles.